The van der Waals surface area contributed by atoms with Gasteiger partial charge in [-0.25, -0.2) is 0 Å². The Kier molecular flexibility index (Phi) is 3.84. The van der Waals surface area contributed by atoms with Gasteiger partial charge in [0.05, 0.1) is 0 Å². The van der Waals surface area contributed by atoms with Gasteiger partial charge in [0.15, 0.2) is 17.3 Å². The van der Waals surface area contributed by atoms with E-state index in [1.54, 1.807) is 25.1 Å². The van der Waals surface area contributed by atoms with Crippen molar-refractivity contribution in [2.45, 2.75) is 32.2 Å². The second kappa shape index (κ2) is 6.14. The minimum absolute atomic E-state index is 0.0486. The van der Waals surface area contributed by atoms with Crippen LogP contribution < -0.4 is 9.47 Å². The van der Waals surface area contributed by atoms with Gasteiger partial charge in [0.2, 0.25) is 5.89 Å². The number of aryl methyl sites for hydroxylation is 1. The molecule has 3 heterocycles. The molecule has 1 atom stereocenters. The summed E-state index contributed by atoms with van der Waals surface area (Å²) in [5.41, 5.74) is 0.586. The van der Waals surface area contributed by atoms with Gasteiger partial charge >= 0.3 is 0 Å². The van der Waals surface area contributed by atoms with Gasteiger partial charge in [-0.2, -0.15) is 4.98 Å². The van der Waals surface area contributed by atoms with Gasteiger partial charge in [0.25, 0.3) is 5.91 Å². The SMILES string of the molecule is Cc1noc([C@H]2CCCCN2C(=O)c2ccc3c(c2)OCCO3)n1. The van der Waals surface area contributed by atoms with Crippen LogP contribution in [0.1, 0.15) is 47.4 Å². The molecule has 2 aliphatic rings. The van der Waals surface area contributed by atoms with Gasteiger partial charge in [0.1, 0.15) is 19.3 Å². The first kappa shape index (κ1) is 15.0. The fraction of sp³-hybridized carbons (Fsp3) is 0.471. The van der Waals surface area contributed by atoms with Crippen molar-refractivity contribution in [1.29, 1.82) is 0 Å². The van der Waals surface area contributed by atoms with Crippen LogP contribution in [0, 0.1) is 6.92 Å². The second-order valence-corrected chi connectivity index (χ2v) is 6.05. The molecule has 0 radical (unpaired) electrons. The number of likely N-dealkylation sites (tertiary alicyclic amines) is 1. The molecule has 7 nitrogen and oxygen atoms in total. The molecule has 0 aliphatic carbocycles. The highest BCUT2D eigenvalue weighted by molar-refractivity contribution is 5.95. The molecule has 1 fully saturated rings. The Hall–Kier alpha value is -2.57. The summed E-state index contributed by atoms with van der Waals surface area (Å²) in [6.45, 7) is 3.49. The van der Waals surface area contributed by atoms with E-state index < -0.39 is 0 Å². The summed E-state index contributed by atoms with van der Waals surface area (Å²) in [7, 11) is 0. The van der Waals surface area contributed by atoms with Crippen LogP contribution in [0.4, 0.5) is 0 Å². The van der Waals surface area contributed by atoms with Crippen molar-refractivity contribution in [3.05, 3.63) is 35.5 Å². The Bertz CT molecular complexity index is 758. The van der Waals surface area contributed by atoms with E-state index in [2.05, 4.69) is 10.1 Å². The lowest BCUT2D eigenvalue weighted by molar-refractivity contribution is 0.0560. The third-order valence-corrected chi connectivity index (χ3v) is 4.38. The van der Waals surface area contributed by atoms with E-state index in [4.69, 9.17) is 14.0 Å². The molecule has 126 valence electrons. The summed E-state index contributed by atoms with van der Waals surface area (Å²) >= 11 is 0. The zero-order chi connectivity index (χ0) is 16.5. The Morgan fingerprint density at radius 1 is 1.21 bits per heavy atom. The summed E-state index contributed by atoms with van der Waals surface area (Å²) in [4.78, 5) is 19.2. The molecular weight excluding hydrogens is 310 g/mol. The maximum Gasteiger partial charge on any atom is 0.254 e. The summed E-state index contributed by atoms with van der Waals surface area (Å²) in [5, 5.41) is 3.86. The van der Waals surface area contributed by atoms with Crippen LogP contribution in [0.3, 0.4) is 0 Å². The molecule has 2 aromatic rings. The lowest BCUT2D eigenvalue weighted by Crippen LogP contribution is -2.38. The molecule has 0 bridgehead atoms. The minimum atomic E-state index is -0.166. The monoisotopic (exact) mass is 329 g/mol. The molecule has 24 heavy (non-hydrogen) atoms. The molecule has 1 saturated heterocycles. The van der Waals surface area contributed by atoms with Crippen LogP contribution in [0.25, 0.3) is 0 Å². The van der Waals surface area contributed by atoms with Gasteiger partial charge in [0, 0.05) is 12.1 Å². The van der Waals surface area contributed by atoms with Crippen LogP contribution in [-0.2, 0) is 0 Å². The highest BCUT2D eigenvalue weighted by atomic mass is 16.6. The molecule has 1 aromatic carbocycles. The Morgan fingerprint density at radius 3 is 2.83 bits per heavy atom. The third-order valence-electron chi connectivity index (χ3n) is 4.38. The summed E-state index contributed by atoms with van der Waals surface area (Å²) in [5.74, 6) is 2.35. The standard InChI is InChI=1S/C17H19N3O4/c1-11-18-16(24-19-11)13-4-2-3-7-20(13)17(21)12-5-6-14-15(10-12)23-9-8-22-14/h5-6,10,13H,2-4,7-9H2,1H3/t13-/m1/s1. The third kappa shape index (κ3) is 2.70. The molecule has 0 unspecified atom stereocenters. The van der Waals surface area contributed by atoms with E-state index in [9.17, 15) is 4.79 Å². The maximum absolute atomic E-state index is 13.0. The number of aromatic nitrogens is 2. The van der Waals surface area contributed by atoms with Gasteiger partial charge in [-0.15, -0.1) is 0 Å². The quantitative estimate of drug-likeness (QED) is 0.842. The number of carbonyl (C=O) groups excluding carboxylic acids is 1. The van der Waals surface area contributed by atoms with E-state index in [-0.39, 0.29) is 11.9 Å². The number of rotatable bonds is 2. The van der Waals surface area contributed by atoms with Crippen LogP contribution in [0.5, 0.6) is 11.5 Å². The molecule has 7 heteroatoms. The lowest BCUT2D eigenvalue weighted by Gasteiger charge is -2.33. The van der Waals surface area contributed by atoms with Crippen molar-refractivity contribution in [3.8, 4) is 11.5 Å². The molecule has 1 aromatic heterocycles. The Labute approximate surface area is 139 Å². The highest BCUT2D eigenvalue weighted by Crippen LogP contribution is 2.34. The number of fused-ring (bicyclic) bond motifs is 1. The molecule has 4 rings (SSSR count). The predicted octanol–water partition coefficient (Wildman–Crippen LogP) is 2.52. The maximum atomic E-state index is 13.0. The first-order valence-electron chi connectivity index (χ1n) is 8.23. The van der Waals surface area contributed by atoms with Crippen molar-refractivity contribution < 1.29 is 18.8 Å². The number of hydrogen-bond donors (Lipinski definition) is 0. The predicted molar refractivity (Wildman–Crippen MR) is 84.1 cm³/mol. The average Bonchev–Trinajstić information content (AvgIpc) is 3.07. The molecule has 2 aliphatic heterocycles. The number of piperidine rings is 1. The van der Waals surface area contributed by atoms with Crippen molar-refractivity contribution in [2.75, 3.05) is 19.8 Å². The number of carbonyl (C=O) groups is 1. The van der Waals surface area contributed by atoms with Crippen LogP contribution in [0.15, 0.2) is 22.7 Å². The number of ether oxygens (including phenoxy) is 2. The number of nitrogens with zero attached hydrogens (tertiary/aromatic N) is 3. The summed E-state index contributed by atoms with van der Waals surface area (Å²) in [6.07, 6.45) is 2.84. The average molecular weight is 329 g/mol. The van der Waals surface area contributed by atoms with Crippen molar-refractivity contribution >= 4 is 5.91 Å². The minimum Gasteiger partial charge on any atom is -0.486 e. The topological polar surface area (TPSA) is 77.7 Å². The molecule has 0 N–H and O–H groups in total. The Morgan fingerprint density at radius 2 is 2.04 bits per heavy atom. The first-order chi connectivity index (χ1) is 11.7. The van der Waals surface area contributed by atoms with Gasteiger partial charge in [-0.3, -0.25) is 4.79 Å². The van der Waals surface area contributed by atoms with Crippen molar-refractivity contribution in [1.82, 2.24) is 15.0 Å². The van der Waals surface area contributed by atoms with Crippen molar-refractivity contribution in [3.63, 3.8) is 0 Å². The van der Waals surface area contributed by atoms with E-state index in [0.717, 1.165) is 19.3 Å². The van der Waals surface area contributed by atoms with Crippen molar-refractivity contribution in [2.24, 2.45) is 0 Å². The Balaban J connectivity index is 1.62. The fourth-order valence-electron chi connectivity index (χ4n) is 3.22. The molecule has 0 spiro atoms. The van der Waals surface area contributed by atoms with Gasteiger partial charge < -0.3 is 18.9 Å². The normalized spacial score (nSPS) is 20.0. The molecular formula is C17H19N3O4. The summed E-state index contributed by atoms with van der Waals surface area (Å²) < 4.78 is 16.4. The first-order valence-corrected chi connectivity index (χ1v) is 8.23. The van der Waals surface area contributed by atoms with Gasteiger partial charge in [-0.1, -0.05) is 5.16 Å². The van der Waals surface area contributed by atoms with Gasteiger partial charge in [-0.05, 0) is 44.4 Å². The zero-order valence-electron chi connectivity index (χ0n) is 13.5. The van der Waals surface area contributed by atoms with E-state index >= 15 is 0 Å². The fourth-order valence-corrected chi connectivity index (χ4v) is 3.22. The largest absolute Gasteiger partial charge is 0.486 e. The smallest absolute Gasteiger partial charge is 0.254 e. The highest BCUT2D eigenvalue weighted by Gasteiger charge is 2.32. The number of amides is 1. The van der Waals surface area contributed by atoms with E-state index in [1.807, 2.05) is 4.90 Å². The second-order valence-electron chi connectivity index (χ2n) is 6.05. The van der Waals surface area contributed by atoms with Crippen LogP contribution >= 0.6 is 0 Å². The van der Waals surface area contributed by atoms with Crippen LogP contribution in [0.2, 0.25) is 0 Å². The lowest BCUT2D eigenvalue weighted by atomic mass is 10.0. The zero-order valence-corrected chi connectivity index (χ0v) is 13.5. The molecule has 0 saturated carbocycles. The van der Waals surface area contributed by atoms with E-state index in [0.29, 0.717) is 48.5 Å². The van der Waals surface area contributed by atoms with E-state index in [1.165, 1.54) is 0 Å². The number of hydrogen-bond acceptors (Lipinski definition) is 6. The summed E-state index contributed by atoms with van der Waals surface area (Å²) in [6, 6.07) is 5.15. The van der Waals surface area contributed by atoms with Crippen LogP contribution in [-0.4, -0.2) is 40.7 Å². The number of benzene rings is 1. The molecule has 1 amide bonds.